The number of fused-ring (bicyclic) bond motifs is 2. The van der Waals surface area contributed by atoms with Gasteiger partial charge in [-0.3, -0.25) is 0 Å². The molecule has 3 heterocycles. The predicted octanol–water partition coefficient (Wildman–Crippen LogP) is 0.0742. The van der Waals surface area contributed by atoms with Crippen LogP contribution in [-0.2, 0) is 0 Å². The molecular formula is C13H7N5O2Se. The zero-order valence-corrected chi connectivity index (χ0v) is 12.2. The van der Waals surface area contributed by atoms with Crippen LogP contribution in [0.3, 0.4) is 0 Å². The Balaban J connectivity index is 2.07. The van der Waals surface area contributed by atoms with E-state index in [1.807, 2.05) is 18.2 Å². The molecule has 1 aromatic carbocycles. The van der Waals surface area contributed by atoms with Crippen molar-refractivity contribution in [1.82, 2.24) is 23.5 Å². The molecule has 0 aliphatic carbocycles. The molecule has 3 aromatic heterocycles. The first-order valence-corrected chi connectivity index (χ1v) is 7.69. The molecule has 0 amide bonds. The van der Waals surface area contributed by atoms with E-state index < -0.39 is 5.56 Å². The Labute approximate surface area is 122 Å². The molecule has 0 bridgehead atoms. The molecule has 0 spiro atoms. The monoisotopic (exact) mass is 345 g/mol. The summed E-state index contributed by atoms with van der Waals surface area (Å²) in [6.45, 7) is 0. The van der Waals surface area contributed by atoms with Crippen molar-refractivity contribution in [2.75, 3.05) is 0 Å². The number of nitrogens with zero attached hydrogens (tertiary/aromatic N) is 4. The molecule has 0 saturated heterocycles. The van der Waals surface area contributed by atoms with Gasteiger partial charge >= 0.3 is 122 Å². The van der Waals surface area contributed by atoms with Crippen LogP contribution in [0, 0.1) is 0 Å². The number of benzene rings is 1. The summed E-state index contributed by atoms with van der Waals surface area (Å²) in [4.78, 5) is 39.2. The third-order valence-electron chi connectivity index (χ3n) is 3.02. The van der Waals surface area contributed by atoms with E-state index in [1.165, 1.54) is 16.0 Å². The first-order valence-electron chi connectivity index (χ1n) is 6.06. The molecule has 4 rings (SSSR count). The zero-order chi connectivity index (χ0) is 14.4. The maximum absolute atomic E-state index is 12.4. The summed E-state index contributed by atoms with van der Waals surface area (Å²) in [5, 5.41) is 0.652. The van der Waals surface area contributed by atoms with Crippen LogP contribution in [0.2, 0.25) is 0 Å². The van der Waals surface area contributed by atoms with E-state index in [-0.39, 0.29) is 37.4 Å². The number of rotatable bonds is 1. The van der Waals surface area contributed by atoms with Gasteiger partial charge < -0.3 is 0 Å². The molecule has 0 saturated carbocycles. The Morgan fingerprint density at radius 3 is 2.76 bits per heavy atom. The standard InChI is InChI=1S/C13H7N5O2Se/c19-11-9-10(15-6-5-14-9)16-13(17-11)18-12(20)7-3-1-2-4-8(7)21-18/h1-6H,(H,15,16,17,19). The Bertz CT molecular complexity index is 1090. The van der Waals surface area contributed by atoms with Crippen molar-refractivity contribution >= 4 is 35.5 Å². The van der Waals surface area contributed by atoms with Gasteiger partial charge in [0.2, 0.25) is 0 Å². The van der Waals surface area contributed by atoms with Crippen LogP contribution < -0.4 is 11.1 Å². The van der Waals surface area contributed by atoms with Gasteiger partial charge in [-0.25, -0.2) is 0 Å². The summed E-state index contributed by atoms with van der Waals surface area (Å²) in [6, 6.07) is 7.39. The van der Waals surface area contributed by atoms with E-state index in [1.54, 1.807) is 6.07 Å². The van der Waals surface area contributed by atoms with Crippen LogP contribution in [-0.4, -0.2) is 38.2 Å². The van der Waals surface area contributed by atoms with E-state index in [0.717, 1.165) is 4.26 Å². The molecule has 0 aliphatic heterocycles. The van der Waals surface area contributed by atoms with Crippen molar-refractivity contribution in [3.05, 3.63) is 57.4 Å². The van der Waals surface area contributed by atoms with E-state index >= 15 is 0 Å². The van der Waals surface area contributed by atoms with E-state index in [9.17, 15) is 9.59 Å². The molecule has 102 valence electrons. The van der Waals surface area contributed by atoms with Gasteiger partial charge in [0.05, 0.1) is 0 Å². The average molecular weight is 344 g/mol. The Kier molecular flexibility index (Phi) is 2.60. The maximum atomic E-state index is 12.4. The molecule has 0 unspecified atom stereocenters. The molecule has 1 N–H and O–H groups in total. The fraction of sp³-hybridized carbons (Fsp3) is 0. The molecule has 7 nitrogen and oxygen atoms in total. The van der Waals surface area contributed by atoms with Crippen LogP contribution in [0.15, 0.2) is 46.2 Å². The quantitative estimate of drug-likeness (QED) is 0.494. The summed E-state index contributed by atoms with van der Waals surface area (Å²) in [6.07, 6.45) is 2.89. The van der Waals surface area contributed by atoms with Crippen molar-refractivity contribution in [2.45, 2.75) is 0 Å². The van der Waals surface area contributed by atoms with Gasteiger partial charge in [0, 0.05) is 0 Å². The summed E-state index contributed by atoms with van der Waals surface area (Å²) in [5.74, 6) is 0.217. The van der Waals surface area contributed by atoms with Gasteiger partial charge in [0.1, 0.15) is 0 Å². The molecular weight excluding hydrogens is 337 g/mol. The fourth-order valence-electron chi connectivity index (χ4n) is 2.07. The van der Waals surface area contributed by atoms with Crippen LogP contribution >= 0.6 is 0 Å². The van der Waals surface area contributed by atoms with E-state index in [2.05, 4.69) is 19.9 Å². The molecule has 0 atom stereocenters. The molecule has 8 heteroatoms. The summed E-state index contributed by atoms with van der Waals surface area (Å²) in [5.41, 5.74) is -0.159. The van der Waals surface area contributed by atoms with Crippen LogP contribution in [0.5, 0.6) is 0 Å². The number of hydrogen-bond donors (Lipinski definition) is 1. The normalized spacial score (nSPS) is 11.2. The topological polar surface area (TPSA) is 93.5 Å². The molecule has 21 heavy (non-hydrogen) atoms. The molecule has 0 fully saturated rings. The third-order valence-corrected chi connectivity index (χ3v) is 5.27. The second-order valence-corrected chi connectivity index (χ2v) is 6.38. The van der Waals surface area contributed by atoms with Crippen molar-refractivity contribution < 1.29 is 0 Å². The number of H-pyrrole nitrogens is 1. The van der Waals surface area contributed by atoms with Gasteiger partial charge in [0.15, 0.2) is 0 Å². The van der Waals surface area contributed by atoms with Gasteiger partial charge in [-0.2, -0.15) is 0 Å². The third kappa shape index (κ3) is 1.84. The second kappa shape index (κ2) is 4.47. The number of nitrogens with one attached hydrogen (secondary N) is 1. The first-order chi connectivity index (χ1) is 10.2. The predicted molar refractivity (Wildman–Crippen MR) is 78.0 cm³/mol. The van der Waals surface area contributed by atoms with Gasteiger partial charge in [0.25, 0.3) is 0 Å². The number of aromatic nitrogens is 5. The molecule has 0 radical (unpaired) electrons. The zero-order valence-electron chi connectivity index (χ0n) is 10.5. The van der Waals surface area contributed by atoms with Crippen LogP contribution in [0.4, 0.5) is 0 Å². The first kappa shape index (κ1) is 12.2. The summed E-state index contributed by atoms with van der Waals surface area (Å²) >= 11 is -0.250. The summed E-state index contributed by atoms with van der Waals surface area (Å²) < 4.78 is 2.46. The Morgan fingerprint density at radius 2 is 1.90 bits per heavy atom. The van der Waals surface area contributed by atoms with Gasteiger partial charge in [-0.15, -0.1) is 0 Å². The van der Waals surface area contributed by atoms with Crippen molar-refractivity contribution in [1.29, 1.82) is 0 Å². The van der Waals surface area contributed by atoms with Crippen LogP contribution in [0.25, 0.3) is 26.8 Å². The van der Waals surface area contributed by atoms with Gasteiger partial charge in [-0.1, -0.05) is 0 Å². The minimum absolute atomic E-state index is 0.156. The Morgan fingerprint density at radius 1 is 1.10 bits per heavy atom. The molecule has 0 aliphatic rings. The average Bonchev–Trinajstić information content (AvgIpc) is 2.85. The van der Waals surface area contributed by atoms with Gasteiger partial charge in [-0.05, 0) is 0 Å². The van der Waals surface area contributed by atoms with E-state index in [0.29, 0.717) is 5.39 Å². The number of hydrogen-bond acceptors (Lipinski definition) is 5. The second-order valence-electron chi connectivity index (χ2n) is 4.31. The van der Waals surface area contributed by atoms with Crippen molar-refractivity contribution in [3.63, 3.8) is 0 Å². The number of aromatic amines is 1. The fourth-order valence-corrected chi connectivity index (χ4v) is 4.05. The van der Waals surface area contributed by atoms with Crippen molar-refractivity contribution in [2.24, 2.45) is 0 Å². The molecule has 4 aromatic rings. The Hall–Kier alpha value is -2.57. The minimum atomic E-state index is -0.400. The SMILES string of the molecule is O=c1[nH]c(-n2[se]c3ccccc3c2=O)nc2nccnc12. The van der Waals surface area contributed by atoms with E-state index in [4.69, 9.17) is 0 Å². The van der Waals surface area contributed by atoms with Crippen molar-refractivity contribution in [3.8, 4) is 5.95 Å². The van der Waals surface area contributed by atoms with Crippen LogP contribution in [0.1, 0.15) is 0 Å². The summed E-state index contributed by atoms with van der Waals surface area (Å²) in [7, 11) is 0.